The fourth-order valence-electron chi connectivity index (χ4n) is 2.36. The van der Waals surface area contributed by atoms with Crippen LogP contribution >= 0.6 is 11.8 Å². The van der Waals surface area contributed by atoms with E-state index in [4.69, 9.17) is 5.26 Å². The molecular weight excluding hydrogens is 256 g/mol. The van der Waals surface area contributed by atoms with Gasteiger partial charge >= 0.3 is 0 Å². The van der Waals surface area contributed by atoms with Crippen molar-refractivity contribution >= 4 is 23.4 Å². The van der Waals surface area contributed by atoms with E-state index >= 15 is 0 Å². The number of carbonyl (C=O) groups excluding carboxylic acids is 1. The van der Waals surface area contributed by atoms with Crippen LogP contribution in [-0.2, 0) is 4.79 Å². The molecule has 0 bridgehead atoms. The molecule has 1 aromatic rings. The number of nitrogens with zero attached hydrogens (tertiary/aromatic N) is 1. The molecule has 0 aromatic heterocycles. The highest BCUT2D eigenvalue weighted by Crippen LogP contribution is 2.27. The highest BCUT2D eigenvalue weighted by atomic mass is 32.2. The molecule has 1 aliphatic carbocycles. The summed E-state index contributed by atoms with van der Waals surface area (Å²) in [5.41, 5.74) is 1.27. The number of carbonyl (C=O) groups is 1. The van der Waals surface area contributed by atoms with Gasteiger partial charge in [-0.05, 0) is 42.7 Å². The standard InChI is InChI=1S/C15H18N2OS/c16-9-13-6-3-7-14(8-13)17-15(18)11-19-10-12-4-1-2-5-12/h3,6-8,12H,1-2,4-5,10-11H2,(H,17,18). The van der Waals surface area contributed by atoms with Crippen molar-refractivity contribution in [2.75, 3.05) is 16.8 Å². The number of hydrogen-bond acceptors (Lipinski definition) is 3. The summed E-state index contributed by atoms with van der Waals surface area (Å²) in [5, 5.41) is 11.6. The van der Waals surface area contributed by atoms with Gasteiger partial charge in [-0.25, -0.2) is 0 Å². The zero-order chi connectivity index (χ0) is 13.5. The fourth-order valence-corrected chi connectivity index (χ4v) is 3.40. The van der Waals surface area contributed by atoms with Gasteiger partial charge < -0.3 is 5.32 Å². The first-order valence-corrected chi connectivity index (χ1v) is 7.81. The molecule has 1 aliphatic rings. The number of nitriles is 1. The molecule has 0 saturated heterocycles. The van der Waals surface area contributed by atoms with Crippen LogP contribution in [0.25, 0.3) is 0 Å². The summed E-state index contributed by atoms with van der Waals surface area (Å²) in [4.78, 5) is 11.8. The Morgan fingerprint density at radius 2 is 2.21 bits per heavy atom. The van der Waals surface area contributed by atoms with E-state index in [0.29, 0.717) is 17.0 Å². The van der Waals surface area contributed by atoms with Gasteiger partial charge in [-0.2, -0.15) is 17.0 Å². The first-order chi connectivity index (χ1) is 9.28. The van der Waals surface area contributed by atoms with Crippen LogP contribution in [0.2, 0.25) is 0 Å². The summed E-state index contributed by atoms with van der Waals surface area (Å²) >= 11 is 1.71. The van der Waals surface area contributed by atoms with E-state index in [0.717, 1.165) is 11.7 Å². The predicted octanol–water partition coefficient (Wildman–Crippen LogP) is 3.42. The highest BCUT2D eigenvalue weighted by Gasteiger charge is 2.15. The van der Waals surface area contributed by atoms with Crippen LogP contribution in [0.5, 0.6) is 0 Å². The van der Waals surface area contributed by atoms with Crippen molar-refractivity contribution in [1.82, 2.24) is 0 Å². The lowest BCUT2D eigenvalue weighted by molar-refractivity contribution is -0.113. The van der Waals surface area contributed by atoms with Crippen molar-refractivity contribution in [3.05, 3.63) is 29.8 Å². The highest BCUT2D eigenvalue weighted by molar-refractivity contribution is 7.99. The normalized spacial score (nSPS) is 15.1. The lowest BCUT2D eigenvalue weighted by Crippen LogP contribution is -2.15. The molecule has 19 heavy (non-hydrogen) atoms. The molecule has 0 unspecified atom stereocenters. The van der Waals surface area contributed by atoms with Gasteiger partial charge in [-0.15, -0.1) is 0 Å². The number of benzene rings is 1. The number of rotatable bonds is 5. The Morgan fingerprint density at radius 3 is 2.95 bits per heavy atom. The van der Waals surface area contributed by atoms with Gasteiger partial charge in [-0.3, -0.25) is 4.79 Å². The van der Waals surface area contributed by atoms with Crippen molar-refractivity contribution in [2.24, 2.45) is 5.92 Å². The van der Waals surface area contributed by atoms with Crippen molar-refractivity contribution in [3.8, 4) is 6.07 Å². The summed E-state index contributed by atoms with van der Waals surface area (Å²) < 4.78 is 0. The summed E-state index contributed by atoms with van der Waals surface area (Å²) in [6.45, 7) is 0. The van der Waals surface area contributed by atoms with Crippen molar-refractivity contribution in [3.63, 3.8) is 0 Å². The van der Waals surface area contributed by atoms with Crippen molar-refractivity contribution in [2.45, 2.75) is 25.7 Å². The second-order valence-electron chi connectivity index (χ2n) is 4.91. The molecule has 1 N–H and O–H groups in total. The molecule has 1 saturated carbocycles. The third-order valence-electron chi connectivity index (χ3n) is 3.34. The molecule has 100 valence electrons. The van der Waals surface area contributed by atoms with Crippen LogP contribution in [0.3, 0.4) is 0 Å². The number of amides is 1. The average Bonchev–Trinajstić information content (AvgIpc) is 2.92. The minimum absolute atomic E-state index is 0.0121. The average molecular weight is 274 g/mol. The Balaban J connectivity index is 1.72. The van der Waals surface area contributed by atoms with Crippen molar-refractivity contribution < 1.29 is 4.79 Å². The minimum atomic E-state index is 0.0121. The molecule has 3 nitrogen and oxygen atoms in total. The van der Waals surface area contributed by atoms with E-state index in [2.05, 4.69) is 11.4 Å². The van der Waals surface area contributed by atoms with E-state index in [1.54, 1.807) is 36.0 Å². The lowest BCUT2D eigenvalue weighted by Gasteiger charge is -2.08. The predicted molar refractivity (Wildman–Crippen MR) is 79.1 cm³/mol. The van der Waals surface area contributed by atoms with E-state index in [1.165, 1.54) is 25.7 Å². The first-order valence-electron chi connectivity index (χ1n) is 6.65. The summed E-state index contributed by atoms with van der Waals surface area (Å²) in [6, 6.07) is 9.07. The molecule has 1 amide bonds. The zero-order valence-electron chi connectivity index (χ0n) is 10.9. The molecule has 1 aromatic carbocycles. The molecule has 1 fully saturated rings. The SMILES string of the molecule is N#Cc1cccc(NC(=O)CSCC2CCCC2)c1. The topological polar surface area (TPSA) is 52.9 Å². The Hall–Kier alpha value is -1.47. The Morgan fingerprint density at radius 1 is 1.42 bits per heavy atom. The fraction of sp³-hybridized carbons (Fsp3) is 0.467. The third-order valence-corrected chi connectivity index (χ3v) is 4.51. The molecule has 0 aliphatic heterocycles. The van der Waals surface area contributed by atoms with E-state index < -0.39 is 0 Å². The summed E-state index contributed by atoms with van der Waals surface area (Å²) in [7, 11) is 0. The monoisotopic (exact) mass is 274 g/mol. The molecule has 0 spiro atoms. The summed E-state index contributed by atoms with van der Waals surface area (Å²) in [6.07, 6.45) is 5.33. The van der Waals surface area contributed by atoms with E-state index in [-0.39, 0.29) is 5.91 Å². The zero-order valence-corrected chi connectivity index (χ0v) is 11.7. The van der Waals surface area contributed by atoms with Crippen LogP contribution in [0, 0.1) is 17.2 Å². The Kier molecular flexibility index (Phi) is 5.29. The molecule has 4 heteroatoms. The van der Waals surface area contributed by atoms with Gasteiger partial charge in [0.15, 0.2) is 0 Å². The lowest BCUT2D eigenvalue weighted by atomic mass is 10.1. The quantitative estimate of drug-likeness (QED) is 0.895. The van der Waals surface area contributed by atoms with E-state index in [1.807, 2.05) is 0 Å². The summed E-state index contributed by atoms with van der Waals surface area (Å²) in [5.74, 6) is 2.40. The number of hydrogen-bond donors (Lipinski definition) is 1. The smallest absolute Gasteiger partial charge is 0.234 e. The molecular formula is C15H18N2OS. The van der Waals surface area contributed by atoms with Gasteiger partial charge in [0, 0.05) is 5.69 Å². The second-order valence-corrected chi connectivity index (χ2v) is 5.94. The van der Waals surface area contributed by atoms with Crippen LogP contribution in [-0.4, -0.2) is 17.4 Å². The van der Waals surface area contributed by atoms with Gasteiger partial charge in [0.05, 0.1) is 17.4 Å². The van der Waals surface area contributed by atoms with Gasteiger partial charge in [0.25, 0.3) is 0 Å². The molecule has 2 rings (SSSR count). The maximum Gasteiger partial charge on any atom is 0.234 e. The van der Waals surface area contributed by atoms with Crippen LogP contribution in [0.1, 0.15) is 31.2 Å². The maximum atomic E-state index is 11.8. The second kappa shape index (κ2) is 7.20. The van der Waals surface area contributed by atoms with Gasteiger partial charge in [0.2, 0.25) is 5.91 Å². The van der Waals surface area contributed by atoms with Gasteiger partial charge in [0.1, 0.15) is 0 Å². The van der Waals surface area contributed by atoms with Crippen LogP contribution in [0.4, 0.5) is 5.69 Å². The molecule has 0 radical (unpaired) electrons. The van der Waals surface area contributed by atoms with Crippen molar-refractivity contribution in [1.29, 1.82) is 5.26 Å². The Bertz CT molecular complexity index is 475. The Labute approximate surface area is 118 Å². The molecule has 0 atom stereocenters. The number of thioether (sulfide) groups is 1. The van der Waals surface area contributed by atoms with Gasteiger partial charge in [-0.1, -0.05) is 18.9 Å². The van der Waals surface area contributed by atoms with Crippen LogP contribution < -0.4 is 5.32 Å². The third kappa shape index (κ3) is 4.60. The van der Waals surface area contributed by atoms with E-state index in [9.17, 15) is 4.79 Å². The largest absolute Gasteiger partial charge is 0.325 e. The number of nitrogens with one attached hydrogen (secondary N) is 1. The number of anilines is 1. The van der Waals surface area contributed by atoms with Crippen LogP contribution in [0.15, 0.2) is 24.3 Å². The maximum absolute atomic E-state index is 11.8. The minimum Gasteiger partial charge on any atom is -0.325 e. The molecule has 0 heterocycles. The first kappa shape index (κ1) is 14.0.